The molecule has 3 fully saturated rings. The Morgan fingerprint density at radius 3 is 2.43 bits per heavy atom. The van der Waals surface area contributed by atoms with Gasteiger partial charge >= 0.3 is 0 Å². The van der Waals surface area contributed by atoms with E-state index in [4.69, 9.17) is 4.42 Å². The molecule has 2 atom stereocenters. The summed E-state index contributed by atoms with van der Waals surface area (Å²) in [4.78, 5) is 27.4. The molecule has 0 aliphatic heterocycles. The lowest BCUT2D eigenvalue weighted by Gasteiger charge is -2.34. The Labute approximate surface area is 137 Å². The summed E-state index contributed by atoms with van der Waals surface area (Å²) in [6.45, 7) is 0.580. The lowest BCUT2D eigenvalue weighted by molar-refractivity contribution is -0.142. The van der Waals surface area contributed by atoms with E-state index in [9.17, 15) is 9.59 Å². The molecule has 0 N–H and O–H groups in total. The van der Waals surface area contributed by atoms with Gasteiger partial charge in [-0.15, -0.1) is 0 Å². The zero-order valence-electron chi connectivity index (χ0n) is 13.6. The highest BCUT2D eigenvalue weighted by molar-refractivity contribution is 5.89. The monoisotopic (exact) mass is 315 g/mol. The quantitative estimate of drug-likeness (QED) is 0.853. The molecule has 3 saturated carbocycles. The minimum atomic E-state index is 0.0424. The molecule has 2 unspecified atom stereocenters. The molecule has 2 bridgehead atoms. The highest BCUT2D eigenvalue weighted by Crippen LogP contribution is 2.43. The summed E-state index contributed by atoms with van der Waals surface area (Å²) in [5, 5.41) is 0. The molecular formula is C19H25NO3. The number of rotatable bonds is 4. The van der Waals surface area contributed by atoms with E-state index < -0.39 is 0 Å². The maximum Gasteiger partial charge on any atom is 0.226 e. The van der Waals surface area contributed by atoms with Crippen LogP contribution in [-0.2, 0) is 16.1 Å². The van der Waals surface area contributed by atoms with Crippen LogP contribution in [0.1, 0.15) is 57.1 Å². The Morgan fingerprint density at radius 1 is 1.13 bits per heavy atom. The van der Waals surface area contributed by atoms with Crippen molar-refractivity contribution in [2.45, 2.75) is 64.0 Å². The van der Waals surface area contributed by atoms with Crippen molar-refractivity contribution in [2.75, 3.05) is 0 Å². The van der Waals surface area contributed by atoms with Gasteiger partial charge in [0.25, 0.3) is 0 Å². The van der Waals surface area contributed by atoms with E-state index in [1.54, 1.807) is 6.26 Å². The van der Waals surface area contributed by atoms with E-state index in [-0.39, 0.29) is 23.7 Å². The van der Waals surface area contributed by atoms with Crippen LogP contribution >= 0.6 is 0 Å². The summed E-state index contributed by atoms with van der Waals surface area (Å²) in [6, 6.07) is 4.18. The van der Waals surface area contributed by atoms with Gasteiger partial charge in [0, 0.05) is 23.8 Å². The second-order valence-corrected chi connectivity index (χ2v) is 7.53. The fraction of sp³-hybridized carbons (Fsp3) is 0.684. The number of nitrogens with zero attached hydrogens (tertiary/aromatic N) is 1. The Balaban J connectivity index is 1.51. The van der Waals surface area contributed by atoms with Crippen molar-refractivity contribution in [3.63, 3.8) is 0 Å². The van der Waals surface area contributed by atoms with Gasteiger partial charge in [0.15, 0.2) is 0 Å². The minimum Gasteiger partial charge on any atom is -0.467 e. The lowest BCUT2D eigenvalue weighted by atomic mass is 9.79. The fourth-order valence-electron chi connectivity index (χ4n) is 4.88. The predicted molar refractivity (Wildman–Crippen MR) is 85.5 cm³/mol. The van der Waals surface area contributed by atoms with Gasteiger partial charge in [0.05, 0.1) is 12.8 Å². The molecule has 0 saturated heterocycles. The van der Waals surface area contributed by atoms with Crippen LogP contribution in [0.25, 0.3) is 0 Å². The molecule has 0 spiro atoms. The van der Waals surface area contributed by atoms with Gasteiger partial charge in [0.2, 0.25) is 5.91 Å². The number of amides is 1. The van der Waals surface area contributed by atoms with Gasteiger partial charge in [-0.05, 0) is 50.7 Å². The molecule has 3 aliphatic rings. The van der Waals surface area contributed by atoms with E-state index in [0.29, 0.717) is 18.4 Å². The van der Waals surface area contributed by atoms with Gasteiger partial charge in [-0.2, -0.15) is 0 Å². The third-order valence-electron chi connectivity index (χ3n) is 6.11. The van der Waals surface area contributed by atoms with Crippen molar-refractivity contribution in [2.24, 2.45) is 17.8 Å². The van der Waals surface area contributed by atoms with Crippen LogP contribution in [0.5, 0.6) is 0 Å². The minimum absolute atomic E-state index is 0.0424. The molecule has 124 valence electrons. The normalized spacial score (nSPS) is 30.8. The molecule has 3 aliphatic carbocycles. The summed E-state index contributed by atoms with van der Waals surface area (Å²) in [6.07, 6.45) is 9.83. The summed E-state index contributed by atoms with van der Waals surface area (Å²) in [5.41, 5.74) is 0. The SMILES string of the molecule is O=C1C2CCC1CC(C(=O)N(Cc1ccco1)C1CCCC1)C2. The molecule has 0 radical (unpaired) electrons. The Kier molecular flexibility index (Phi) is 4.00. The number of hydrogen-bond donors (Lipinski definition) is 0. The average Bonchev–Trinajstić information content (AvgIpc) is 3.27. The molecule has 4 heteroatoms. The number of hydrogen-bond acceptors (Lipinski definition) is 3. The summed E-state index contributed by atoms with van der Waals surface area (Å²) < 4.78 is 5.48. The van der Waals surface area contributed by atoms with Crippen molar-refractivity contribution in [1.29, 1.82) is 0 Å². The van der Waals surface area contributed by atoms with Gasteiger partial charge in [-0.25, -0.2) is 0 Å². The Morgan fingerprint density at radius 2 is 1.83 bits per heavy atom. The maximum atomic E-state index is 13.2. The van der Waals surface area contributed by atoms with E-state index in [1.165, 1.54) is 12.8 Å². The van der Waals surface area contributed by atoms with E-state index in [0.717, 1.165) is 44.3 Å². The Hall–Kier alpha value is -1.58. The number of furan rings is 1. The van der Waals surface area contributed by atoms with Crippen LogP contribution in [0.3, 0.4) is 0 Å². The topological polar surface area (TPSA) is 50.5 Å². The molecule has 1 amide bonds. The molecule has 4 nitrogen and oxygen atoms in total. The van der Waals surface area contributed by atoms with Crippen molar-refractivity contribution in [3.05, 3.63) is 24.2 Å². The predicted octanol–water partition coefficient (Wildman–Crippen LogP) is 3.56. The standard InChI is InChI=1S/C19H25NO3/c21-18-13-7-8-14(18)11-15(10-13)19(22)20(16-4-1-2-5-16)12-17-6-3-9-23-17/h3,6,9,13-16H,1-2,4-5,7-8,10-12H2. The third-order valence-corrected chi connectivity index (χ3v) is 6.11. The van der Waals surface area contributed by atoms with E-state index >= 15 is 0 Å². The van der Waals surface area contributed by atoms with Gasteiger partial charge < -0.3 is 9.32 Å². The van der Waals surface area contributed by atoms with Gasteiger partial charge in [-0.1, -0.05) is 12.8 Å². The van der Waals surface area contributed by atoms with Crippen LogP contribution < -0.4 is 0 Å². The largest absolute Gasteiger partial charge is 0.467 e. The smallest absolute Gasteiger partial charge is 0.226 e. The molecule has 23 heavy (non-hydrogen) atoms. The van der Waals surface area contributed by atoms with Crippen molar-refractivity contribution >= 4 is 11.7 Å². The van der Waals surface area contributed by atoms with E-state index in [2.05, 4.69) is 4.90 Å². The van der Waals surface area contributed by atoms with Crippen LogP contribution in [0, 0.1) is 17.8 Å². The van der Waals surface area contributed by atoms with E-state index in [1.807, 2.05) is 12.1 Å². The number of carbonyl (C=O) groups excluding carboxylic acids is 2. The first kappa shape index (κ1) is 15.0. The molecule has 4 rings (SSSR count). The van der Waals surface area contributed by atoms with Gasteiger partial charge in [0.1, 0.15) is 11.5 Å². The second kappa shape index (κ2) is 6.14. The van der Waals surface area contributed by atoms with Gasteiger partial charge in [-0.3, -0.25) is 9.59 Å². The molecular weight excluding hydrogens is 290 g/mol. The first-order chi connectivity index (χ1) is 11.2. The highest BCUT2D eigenvalue weighted by atomic mass is 16.3. The van der Waals surface area contributed by atoms with Crippen molar-refractivity contribution in [3.8, 4) is 0 Å². The first-order valence-corrected chi connectivity index (χ1v) is 9.09. The zero-order chi connectivity index (χ0) is 15.8. The second-order valence-electron chi connectivity index (χ2n) is 7.53. The molecule has 1 aromatic heterocycles. The summed E-state index contributed by atoms with van der Waals surface area (Å²) >= 11 is 0. The van der Waals surface area contributed by atoms with Crippen molar-refractivity contribution in [1.82, 2.24) is 4.90 Å². The molecule has 1 heterocycles. The molecule has 1 aromatic rings. The van der Waals surface area contributed by atoms with Crippen LogP contribution in [0.15, 0.2) is 22.8 Å². The number of carbonyl (C=O) groups is 2. The fourth-order valence-corrected chi connectivity index (χ4v) is 4.88. The van der Waals surface area contributed by atoms with Crippen LogP contribution in [0.2, 0.25) is 0 Å². The third kappa shape index (κ3) is 2.84. The average molecular weight is 315 g/mol. The number of fused-ring (bicyclic) bond motifs is 2. The highest BCUT2D eigenvalue weighted by Gasteiger charge is 2.45. The summed E-state index contributed by atoms with van der Waals surface area (Å²) in [5.74, 6) is 1.89. The van der Waals surface area contributed by atoms with Crippen molar-refractivity contribution < 1.29 is 14.0 Å². The molecule has 0 aromatic carbocycles. The number of ketones is 1. The Bertz CT molecular complexity index is 557. The number of Topliss-reactive ketones (excluding diaryl/α,β-unsaturated/α-hetero) is 1. The lowest BCUT2D eigenvalue weighted by Crippen LogP contribution is -2.44. The van der Waals surface area contributed by atoms with Crippen LogP contribution in [-0.4, -0.2) is 22.6 Å². The zero-order valence-corrected chi connectivity index (χ0v) is 13.6. The maximum absolute atomic E-state index is 13.2. The summed E-state index contributed by atoms with van der Waals surface area (Å²) in [7, 11) is 0. The first-order valence-electron chi connectivity index (χ1n) is 9.09. The van der Waals surface area contributed by atoms with Crippen LogP contribution in [0.4, 0.5) is 0 Å².